The van der Waals surface area contributed by atoms with Crippen molar-refractivity contribution in [3.63, 3.8) is 0 Å². The lowest BCUT2D eigenvalue weighted by Crippen LogP contribution is -2.49. The van der Waals surface area contributed by atoms with Crippen molar-refractivity contribution in [3.8, 4) is 0 Å². The third-order valence-corrected chi connectivity index (χ3v) is 3.60. The van der Waals surface area contributed by atoms with Gasteiger partial charge in [0.15, 0.2) is 0 Å². The minimum atomic E-state index is -0.850. The van der Waals surface area contributed by atoms with Crippen LogP contribution < -0.4 is 5.32 Å². The number of unbranched alkanes of at least 4 members (excludes halogenated alkanes) is 2. The molecule has 0 aromatic carbocycles. The molecule has 0 rings (SSSR count). The first-order chi connectivity index (χ1) is 10.8. The van der Waals surface area contributed by atoms with Gasteiger partial charge in [0.05, 0.1) is 6.04 Å². The summed E-state index contributed by atoms with van der Waals surface area (Å²) < 4.78 is 0. The fraction of sp³-hybridized carbons (Fsp3) is 0.889. The van der Waals surface area contributed by atoms with Crippen LogP contribution >= 0.6 is 0 Å². The summed E-state index contributed by atoms with van der Waals surface area (Å²) in [4.78, 5) is 25.6. The Morgan fingerprint density at radius 3 is 2.04 bits per heavy atom. The number of hydrogen-bond acceptors (Lipinski definition) is 3. The average Bonchev–Trinajstić information content (AvgIpc) is 2.44. The fourth-order valence-electron chi connectivity index (χ4n) is 2.59. The van der Waals surface area contributed by atoms with Crippen LogP contribution in [0, 0.1) is 11.8 Å². The van der Waals surface area contributed by atoms with Crippen molar-refractivity contribution in [3.05, 3.63) is 0 Å². The van der Waals surface area contributed by atoms with Crippen molar-refractivity contribution >= 4 is 11.9 Å². The minimum absolute atomic E-state index is 0.0222. The summed E-state index contributed by atoms with van der Waals surface area (Å²) in [5.74, 6) is -0.00148. The molecule has 0 aliphatic carbocycles. The summed E-state index contributed by atoms with van der Waals surface area (Å²) in [7, 11) is 0. The Kier molecular flexibility index (Phi) is 11.7. The zero-order valence-corrected chi connectivity index (χ0v) is 15.6. The highest BCUT2D eigenvalue weighted by molar-refractivity contribution is 5.82. The van der Waals surface area contributed by atoms with Crippen LogP contribution in [-0.2, 0) is 9.59 Å². The van der Waals surface area contributed by atoms with E-state index in [4.69, 9.17) is 5.11 Å². The second-order valence-electron chi connectivity index (χ2n) is 7.18. The quantitative estimate of drug-likeness (QED) is 0.510. The van der Waals surface area contributed by atoms with E-state index < -0.39 is 5.97 Å². The van der Waals surface area contributed by atoms with Gasteiger partial charge in [0.1, 0.15) is 0 Å². The molecule has 136 valence electrons. The number of carboxylic acids is 1. The van der Waals surface area contributed by atoms with Crippen LogP contribution in [0.1, 0.15) is 66.7 Å². The van der Waals surface area contributed by atoms with Crippen molar-refractivity contribution in [1.29, 1.82) is 0 Å². The highest BCUT2D eigenvalue weighted by Crippen LogP contribution is 2.10. The summed E-state index contributed by atoms with van der Waals surface area (Å²) in [6.07, 6.45) is 3.64. The summed E-state index contributed by atoms with van der Waals surface area (Å²) >= 11 is 0. The molecule has 2 N–H and O–H groups in total. The number of amides is 1. The molecule has 0 aliphatic heterocycles. The van der Waals surface area contributed by atoms with Crippen molar-refractivity contribution in [2.75, 3.05) is 19.6 Å². The zero-order valence-electron chi connectivity index (χ0n) is 15.6. The molecule has 0 aliphatic rings. The maximum Gasteiger partial charge on any atom is 0.303 e. The molecule has 23 heavy (non-hydrogen) atoms. The Hall–Kier alpha value is -1.10. The van der Waals surface area contributed by atoms with Crippen molar-refractivity contribution in [2.45, 2.75) is 72.8 Å². The van der Waals surface area contributed by atoms with Crippen LogP contribution in [0.4, 0.5) is 0 Å². The molecule has 0 spiro atoms. The molecule has 0 aromatic rings. The smallest absolute Gasteiger partial charge is 0.303 e. The first-order valence-electron chi connectivity index (χ1n) is 9.01. The van der Waals surface area contributed by atoms with E-state index in [-0.39, 0.29) is 18.4 Å². The predicted octanol–water partition coefficient (Wildman–Crippen LogP) is 3.14. The van der Waals surface area contributed by atoms with Gasteiger partial charge in [-0.05, 0) is 31.2 Å². The lowest BCUT2D eigenvalue weighted by atomic mass is 10.1. The number of nitrogens with zero attached hydrogens (tertiary/aromatic N) is 1. The Labute approximate surface area is 141 Å². The van der Waals surface area contributed by atoms with Gasteiger partial charge in [0, 0.05) is 19.5 Å². The largest absolute Gasteiger partial charge is 0.481 e. The van der Waals surface area contributed by atoms with E-state index in [0.717, 1.165) is 38.9 Å². The van der Waals surface area contributed by atoms with E-state index in [1.165, 1.54) is 0 Å². The maximum atomic E-state index is 12.9. The maximum absolute atomic E-state index is 12.9. The number of carbonyl (C=O) groups is 2. The highest BCUT2D eigenvalue weighted by atomic mass is 16.4. The molecular weight excluding hydrogens is 292 g/mol. The molecule has 0 heterocycles. The summed E-state index contributed by atoms with van der Waals surface area (Å²) in [5, 5.41) is 12.2. The molecule has 0 saturated carbocycles. The van der Waals surface area contributed by atoms with E-state index in [1.807, 2.05) is 4.90 Å². The second kappa shape index (κ2) is 12.3. The molecule has 0 fully saturated rings. The van der Waals surface area contributed by atoms with Gasteiger partial charge >= 0.3 is 5.97 Å². The molecule has 1 amide bonds. The standard InChI is InChI=1S/C18H36N2O3/c1-6-7-8-11-19-16(9-10-17(21)22)18(23)20(12-14(2)3)13-15(4)5/h14-16,19H,6-13H2,1-5H3,(H,21,22). The van der Waals surface area contributed by atoms with Gasteiger partial charge in [-0.1, -0.05) is 47.5 Å². The number of rotatable bonds is 13. The summed E-state index contributed by atoms with van der Waals surface area (Å²) in [6.45, 7) is 12.7. The molecule has 0 radical (unpaired) electrons. The van der Waals surface area contributed by atoms with Crippen LogP contribution in [0.25, 0.3) is 0 Å². The van der Waals surface area contributed by atoms with Gasteiger partial charge in [0.2, 0.25) is 5.91 Å². The van der Waals surface area contributed by atoms with Gasteiger partial charge in [-0.2, -0.15) is 0 Å². The Morgan fingerprint density at radius 2 is 1.61 bits per heavy atom. The van der Waals surface area contributed by atoms with E-state index in [2.05, 4.69) is 39.9 Å². The van der Waals surface area contributed by atoms with Gasteiger partial charge in [-0.15, -0.1) is 0 Å². The molecule has 5 nitrogen and oxygen atoms in total. The Morgan fingerprint density at radius 1 is 1.04 bits per heavy atom. The third kappa shape index (κ3) is 11.1. The van der Waals surface area contributed by atoms with Crippen molar-refractivity contribution in [1.82, 2.24) is 10.2 Å². The predicted molar refractivity (Wildman–Crippen MR) is 94.4 cm³/mol. The highest BCUT2D eigenvalue weighted by Gasteiger charge is 2.25. The lowest BCUT2D eigenvalue weighted by Gasteiger charge is -2.30. The fourth-order valence-corrected chi connectivity index (χ4v) is 2.59. The molecule has 5 heteroatoms. The summed E-state index contributed by atoms with van der Waals surface area (Å²) in [5.41, 5.74) is 0. The normalized spacial score (nSPS) is 12.7. The molecule has 0 saturated heterocycles. The Balaban J connectivity index is 4.82. The lowest BCUT2D eigenvalue weighted by molar-refractivity contribution is -0.138. The van der Waals surface area contributed by atoms with Crippen molar-refractivity contribution in [2.24, 2.45) is 11.8 Å². The molecule has 1 atom stereocenters. The van der Waals surface area contributed by atoms with Crippen LogP contribution in [0.2, 0.25) is 0 Å². The average molecular weight is 328 g/mol. The van der Waals surface area contributed by atoms with Crippen LogP contribution in [0.15, 0.2) is 0 Å². The van der Waals surface area contributed by atoms with Crippen LogP contribution in [-0.4, -0.2) is 47.6 Å². The molecule has 0 aromatic heterocycles. The van der Waals surface area contributed by atoms with Gasteiger partial charge in [-0.3, -0.25) is 9.59 Å². The van der Waals surface area contributed by atoms with Crippen LogP contribution in [0.3, 0.4) is 0 Å². The topological polar surface area (TPSA) is 69.6 Å². The number of carbonyl (C=O) groups excluding carboxylic acids is 1. The van der Waals surface area contributed by atoms with Gasteiger partial charge in [-0.25, -0.2) is 0 Å². The monoisotopic (exact) mass is 328 g/mol. The Bertz CT molecular complexity index is 333. The number of nitrogens with one attached hydrogen (secondary N) is 1. The minimum Gasteiger partial charge on any atom is -0.481 e. The van der Waals surface area contributed by atoms with E-state index in [9.17, 15) is 9.59 Å². The van der Waals surface area contributed by atoms with Gasteiger partial charge in [0.25, 0.3) is 0 Å². The second-order valence-corrected chi connectivity index (χ2v) is 7.18. The zero-order chi connectivity index (χ0) is 17.8. The van der Waals surface area contributed by atoms with Gasteiger partial charge < -0.3 is 15.3 Å². The first kappa shape index (κ1) is 21.9. The number of aliphatic carboxylic acids is 1. The third-order valence-electron chi connectivity index (χ3n) is 3.60. The van der Waals surface area contributed by atoms with E-state index >= 15 is 0 Å². The first-order valence-corrected chi connectivity index (χ1v) is 9.01. The number of carboxylic acid groups (broad SMARTS) is 1. The SMILES string of the molecule is CCCCCNC(CCC(=O)O)C(=O)N(CC(C)C)CC(C)C. The van der Waals surface area contributed by atoms with Crippen molar-refractivity contribution < 1.29 is 14.7 Å². The van der Waals surface area contributed by atoms with E-state index in [0.29, 0.717) is 18.3 Å². The van der Waals surface area contributed by atoms with E-state index in [1.54, 1.807) is 0 Å². The number of hydrogen-bond donors (Lipinski definition) is 2. The molecular formula is C18H36N2O3. The van der Waals surface area contributed by atoms with Crippen LogP contribution in [0.5, 0.6) is 0 Å². The molecule has 1 unspecified atom stereocenters. The summed E-state index contributed by atoms with van der Waals surface area (Å²) in [6, 6.07) is -0.388. The molecule has 0 bridgehead atoms.